The van der Waals surface area contributed by atoms with Crippen molar-refractivity contribution < 1.29 is 19.0 Å². The van der Waals surface area contributed by atoms with Gasteiger partial charge in [-0.25, -0.2) is 0 Å². The lowest BCUT2D eigenvalue weighted by molar-refractivity contribution is 0.104. The molecule has 1 heterocycles. The van der Waals surface area contributed by atoms with E-state index in [0.29, 0.717) is 33.9 Å². The number of benzene rings is 3. The van der Waals surface area contributed by atoms with Crippen molar-refractivity contribution in [3.63, 3.8) is 0 Å². The zero-order valence-electron chi connectivity index (χ0n) is 18.8. The molecule has 0 aliphatic rings. The fourth-order valence-electron chi connectivity index (χ4n) is 3.86. The molecule has 4 rings (SSSR count). The summed E-state index contributed by atoms with van der Waals surface area (Å²) in [7, 11) is 4.57. The molecule has 0 amide bonds. The predicted octanol–water partition coefficient (Wildman–Crippen LogP) is 5.88. The average Bonchev–Trinajstić information content (AvgIpc) is 2.86. The highest BCUT2D eigenvalue weighted by Crippen LogP contribution is 2.38. The summed E-state index contributed by atoms with van der Waals surface area (Å²) < 4.78 is 17.0. The van der Waals surface area contributed by atoms with E-state index in [1.807, 2.05) is 48.5 Å². The van der Waals surface area contributed by atoms with Gasteiger partial charge < -0.3 is 19.2 Å². The molecule has 0 bridgehead atoms. The lowest BCUT2D eigenvalue weighted by atomic mass is 9.94. The molecule has 0 radical (unpaired) electrons. The van der Waals surface area contributed by atoms with Crippen LogP contribution in [-0.4, -0.2) is 32.1 Å². The first-order valence-corrected chi connectivity index (χ1v) is 11.2. The zero-order valence-corrected chi connectivity index (χ0v) is 20.4. The second-order valence-corrected chi connectivity index (χ2v) is 8.33. The third-order valence-corrected chi connectivity index (χ3v) is 5.89. The van der Waals surface area contributed by atoms with Crippen molar-refractivity contribution in [1.82, 2.24) is 4.98 Å². The third kappa shape index (κ3) is 4.47. The van der Waals surface area contributed by atoms with Crippen LogP contribution in [0, 0.1) is 0 Å². The molecule has 0 saturated heterocycles. The number of ether oxygens (including phenoxy) is 3. The predicted molar refractivity (Wildman–Crippen MR) is 137 cm³/mol. The highest BCUT2D eigenvalue weighted by molar-refractivity contribution is 9.10. The lowest BCUT2D eigenvalue weighted by Crippen LogP contribution is -2.18. The number of pyridine rings is 1. The van der Waals surface area contributed by atoms with Gasteiger partial charge in [0.2, 0.25) is 5.75 Å². The number of rotatable bonds is 7. The molecule has 0 atom stereocenters. The smallest absolute Gasteiger partial charge is 0.260 e. The second-order valence-electron chi connectivity index (χ2n) is 7.42. The molecule has 4 aromatic rings. The molecule has 3 aromatic carbocycles. The average molecular weight is 520 g/mol. The summed E-state index contributed by atoms with van der Waals surface area (Å²) >= 11 is 3.49. The number of fused-ring (bicyclic) bond motifs is 1. The van der Waals surface area contributed by atoms with Crippen molar-refractivity contribution in [2.24, 2.45) is 0 Å². The Morgan fingerprint density at radius 3 is 2.21 bits per heavy atom. The van der Waals surface area contributed by atoms with Gasteiger partial charge >= 0.3 is 0 Å². The zero-order chi connectivity index (χ0) is 24.2. The monoisotopic (exact) mass is 519 g/mol. The summed E-state index contributed by atoms with van der Waals surface area (Å²) in [6.45, 7) is 0. The summed E-state index contributed by atoms with van der Waals surface area (Å²) in [4.78, 5) is 29.3. The van der Waals surface area contributed by atoms with Crippen molar-refractivity contribution in [2.75, 3.05) is 21.3 Å². The molecule has 0 saturated carbocycles. The van der Waals surface area contributed by atoms with Gasteiger partial charge in [-0.15, -0.1) is 0 Å². The van der Waals surface area contributed by atoms with Gasteiger partial charge in [0.1, 0.15) is 0 Å². The number of carbonyl (C=O) groups is 1. The summed E-state index contributed by atoms with van der Waals surface area (Å²) in [5.41, 5.74) is 2.29. The van der Waals surface area contributed by atoms with Gasteiger partial charge in [-0.2, -0.15) is 0 Å². The summed E-state index contributed by atoms with van der Waals surface area (Å²) in [6, 6.07) is 18.4. The molecule has 0 aliphatic carbocycles. The van der Waals surface area contributed by atoms with Crippen LogP contribution in [0.4, 0.5) is 0 Å². The Morgan fingerprint density at radius 1 is 0.912 bits per heavy atom. The highest BCUT2D eigenvalue weighted by atomic mass is 79.9. The van der Waals surface area contributed by atoms with E-state index in [0.717, 1.165) is 15.4 Å². The number of aromatic amines is 1. The number of aromatic nitrogens is 1. The Balaban J connectivity index is 1.86. The number of H-pyrrole nitrogens is 1. The lowest BCUT2D eigenvalue weighted by Gasteiger charge is -2.13. The molecule has 7 heteroatoms. The highest BCUT2D eigenvalue weighted by Gasteiger charge is 2.20. The minimum Gasteiger partial charge on any atom is -0.493 e. The molecule has 1 aromatic heterocycles. The van der Waals surface area contributed by atoms with Crippen LogP contribution < -0.4 is 19.8 Å². The van der Waals surface area contributed by atoms with Crippen LogP contribution in [0.15, 0.2) is 76.0 Å². The standard InChI is InChI=1S/C27H22BrNO5/c1-32-22-13-16(14-23(33-2)26(22)34-3)9-12-21(30)25-24(17-7-5-4-6-8-17)19-15-18(28)10-11-20(19)29-27(25)31/h4-15H,1-3H3,(H,29,31)/b12-9+. The van der Waals surface area contributed by atoms with Crippen molar-refractivity contribution in [3.8, 4) is 28.4 Å². The van der Waals surface area contributed by atoms with Crippen LogP contribution in [-0.2, 0) is 0 Å². The minimum atomic E-state index is -0.451. The molecule has 0 spiro atoms. The quantitative estimate of drug-likeness (QED) is 0.243. The van der Waals surface area contributed by atoms with Gasteiger partial charge in [-0.05, 0) is 47.5 Å². The molecule has 172 valence electrons. The number of carbonyl (C=O) groups excluding carboxylic acids is 1. The Hall–Kier alpha value is -3.84. The normalized spacial score (nSPS) is 11.1. The van der Waals surface area contributed by atoms with Gasteiger partial charge in [0.25, 0.3) is 5.56 Å². The third-order valence-electron chi connectivity index (χ3n) is 5.40. The van der Waals surface area contributed by atoms with E-state index in [1.54, 1.807) is 18.2 Å². The van der Waals surface area contributed by atoms with E-state index < -0.39 is 11.3 Å². The number of ketones is 1. The fraction of sp³-hybridized carbons (Fsp3) is 0.111. The van der Waals surface area contributed by atoms with Crippen molar-refractivity contribution in [1.29, 1.82) is 0 Å². The van der Waals surface area contributed by atoms with Gasteiger partial charge in [0.15, 0.2) is 17.3 Å². The topological polar surface area (TPSA) is 77.6 Å². The molecule has 6 nitrogen and oxygen atoms in total. The van der Waals surface area contributed by atoms with E-state index in [-0.39, 0.29) is 5.56 Å². The van der Waals surface area contributed by atoms with Crippen LogP contribution >= 0.6 is 15.9 Å². The van der Waals surface area contributed by atoms with Crippen molar-refractivity contribution >= 4 is 38.7 Å². The van der Waals surface area contributed by atoms with Crippen LogP contribution in [0.25, 0.3) is 28.1 Å². The minimum absolute atomic E-state index is 0.0699. The van der Waals surface area contributed by atoms with Gasteiger partial charge in [0.05, 0.1) is 26.9 Å². The van der Waals surface area contributed by atoms with Crippen LogP contribution in [0.2, 0.25) is 0 Å². The van der Waals surface area contributed by atoms with Gasteiger partial charge in [-0.3, -0.25) is 9.59 Å². The van der Waals surface area contributed by atoms with Crippen molar-refractivity contribution in [3.05, 3.63) is 92.7 Å². The largest absolute Gasteiger partial charge is 0.493 e. The maximum Gasteiger partial charge on any atom is 0.260 e. The van der Waals surface area contributed by atoms with E-state index in [4.69, 9.17) is 14.2 Å². The number of hydrogen-bond donors (Lipinski definition) is 1. The van der Waals surface area contributed by atoms with Crippen LogP contribution in [0.5, 0.6) is 17.2 Å². The Labute approximate surface area is 204 Å². The molecule has 0 aliphatic heterocycles. The number of hydrogen-bond acceptors (Lipinski definition) is 5. The maximum atomic E-state index is 13.4. The van der Waals surface area contributed by atoms with E-state index in [9.17, 15) is 9.59 Å². The molecular weight excluding hydrogens is 498 g/mol. The Kier molecular flexibility index (Phi) is 6.84. The number of halogens is 1. The summed E-state index contributed by atoms with van der Waals surface area (Å²) in [6.07, 6.45) is 2.99. The Morgan fingerprint density at radius 2 is 1.59 bits per heavy atom. The second kappa shape index (κ2) is 9.97. The molecule has 0 unspecified atom stereocenters. The maximum absolute atomic E-state index is 13.4. The molecule has 0 fully saturated rings. The Bertz CT molecular complexity index is 1430. The number of allylic oxidation sites excluding steroid dienone is 1. The van der Waals surface area contributed by atoms with E-state index in [1.165, 1.54) is 27.4 Å². The first kappa shape index (κ1) is 23.3. The molecule has 1 N–H and O–H groups in total. The number of nitrogens with one attached hydrogen (secondary N) is 1. The van der Waals surface area contributed by atoms with Gasteiger partial charge in [-0.1, -0.05) is 52.3 Å². The number of methoxy groups -OCH3 is 3. The van der Waals surface area contributed by atoms with E-state index in [2.05, 4.69) is 20.9 Å². The van der Waals surface area contributed by atoms with Crippen LogP contribution in [0.3, 0.4) is 0 Å². The van der Waals surface area contributed by atoms with Crippen LogP contribution in [0.1, 0.15) is 15.9 Å². The summed E-state index contributed by atoms with van der Waals surface area (Å²) in [5.74, 6) is 0.965. The fourth-order valence-corrected chi connectivity index (χ4v) is 4.22. The van der Waals surface area contributed by atoms with Gasteiger partial charge in [0, 0.05) is 20.9 Å². The SMILES string of the molecule is COc1cc(/C=C/C(=O)c2c(-c3ccccc3)c3cc(Br)ccc3[nH]c2=O)cc(OC)c1OC. The van der Waals surface area contributed by atoms with Crippen molar-refractivity contribution in [2.45, 2.75) is 0 Å². The first-order valence-electron chi connectivity index (χ1n) is 10.4. The summed E-state index contributed by atoms with van der Waals surface area (Å²) in [5, 5.41) is 0.768. The first-order chi connectivity index (χ1) is 16.5. The molecule has 34 heavy (non-hydrogen) atoms. The van der Waals surface area contributed by atoms with E-state index >= 15 is 0 Å². The molecular formula is C27H22BrNO5.